The van der Waals surface area contributed by atoms with Crippen molar-refractivity contribution in [2.45, 2.75) is 58.8 Å². The van der Waals surface area contributed by atoms with Gasteiger partial charge in [-0.25, -0.2) is 0 Å². The lowest BCUT2D eigenvalue weighted by Crippen LogP contribution is -2.54. The summed E-state index contributed by atoms with van der Waals surface area (Å²) in [6, 6.07) is 0. The van der Waals surface area contributed by atoms with Crippen LogP contribution in [-0.4, -0.2) is 68.1 Å². The molecule has 2 saturated heterocycles. The Morgan fingerprint density at radius 2 is 1.64 bits per heavy atom. The van der Waals surface area contributed by atoms with E-state index in [2.05, 4.69) is 13.8 Å². The summed E-state index contributed by atoms with van der Waals surface area (Å²) in [5.41, 5.74) is 0. The second kappa shape index (κ2) is 7.57. The minimum absolute atomic E-state index is 0.0505. The molecule has 2 fully saturated rings. The first-order valence-electron chi connectivity index (χ1n) is 8.31. The van der Waals surface area contributed by atoms with Crippen molar-refractivity contribution in [2.75, 3.05) is 32.8 Å². The second-order valence-electron chi connectivity index (χ2n) is 6.91. The van der Waals surface area contributed by atoms with Crippen molar-refractivity contribution in [2.24, 2.45) is 5.92 Å². The van der Waals surface area contributed by atoms with Crippen molar-refractivity contribution < 1.29 is 17.9 Å². The maximum atomic E-state index is 12.8. The Hall–Kier alpha value is -0.210. The molecule has 2 rings (SSSR count). The minimum Gasteiger partial charge on any atom is -0.378 e. The van der Waals surface area contributed by atoms with E-state index in [-0.39, 0.29) is 18.3 Å². The summed E-state index contributed by atoms with van der Waals surface area (Å²) in [5, 5.41) is 0. The first-order chi connectivity index (χ1) is 10.3. The van der Waals surface area contributed by atoms with E-state index in [1.165, 1.54) is 0 Å². The molecular weight excluding hydrogens is 304 g/mol. The van der Waals surface area contributed by atoms with Crippen LogP contribution in [0.5, 0.6) is 0 Å². The first-order valence-corrected chi connectivity index (χ1v) is 9.71. The van der Waals surface area contributed by atoms with Gasteiger partial charge in [0.15, 0.2) is 0 Å². The number of hydrogen-bond donors (Lipinski definition) is 0. The van der Waals surface area contributed by atoms with E-state index in [1.807, 2.05) is 13.8 Å². The van der Waals surface area contributed by atoms with Crippen molar-refractivity contribution >= 4 is 10.2 Å². The molecule has 0 saturated carbocycles. The van der Waals surface area contributed by atoms with Gasteiger partial charge in [-0.2, -0.15) is 17.0 Å². The van der Waals surface area contributed by atoms with Crippen LogP contribution in [0.1, 0.15) is 40.5 Å². The van der Waals surface area contributed by atoms with Crippen LogP contribution in [0.15, 0.2) is 0 Å². The Balaban J connectivity index is 1.89. The molecule has 0 bridgehead atoms. The van der Waals surface area contributed by atoms with E-state index in [0.717, 1.165) is 19.4 Å². The molecule has 6 nitrogen and oxygen atoms in total. The zero-order chi connectivity index (χ0) is 16.3. The van der Waals surface area contributed by atoms with Gasteiger partial charge in [0.2, 0.25) is 0 Å². The molecule has 0 aliphatic carbocycles. The summed E-state index contributed by atoms with van der Waals surface area (Å²) in [5.74, 6) is 0.512. The van der Waals surface area contributed by atoms with Gasteiger partial charge in [-0.05, 0) is 32.6 Å². The first kappa shape index (κ1) is 18.1. The van der Waals surface area contributed by atoms with Crippen LogP contribution in [0.25, 0.3) is 0 Å². The molecule has 0 radical (unpaired) electrons. The van der Waals surface area contributed by atoms with Crippen LogP contribution >= 0.6 is 0 Å². The lowest BCUT2D eigenvalue weighted by atomic mass is 10.1. The molecule has 0 unspecified atom stereocenters. The van der Waals surface area contributed by atoms with Crippen LogP contribution in [0, 0.1) is 5.92 Å². The van der Waals surface area contributed by atoms with Crippen LogP contribution in [-0.2, 0) is 19.7 Å². The van der Waals surface area contributed by atoms with E-state index in [0.29, 0.717) is 32.1 Å². The summed E-state index contributed by atoms with van der Waals surface area (Å²) in [7, 11) is -3.37. The average Bonchev–Trinajstić information content (AvgIpc) is 2.44. The highest BCUT2D eigenvalue weighted by molar-refractivity contribution is 7.86. The SMILES string of the molecule is CC(C)COC1CCN(S(=O)(=O)N2C[C@@H](C)O[C@H](C)C2)CC1. The summed E-state index contributed by atoms with van der Waals surface area (Å²) in [6.07, 6.45) is 1.65. The van der Waals surface area contributed by atoms with Gasteiger partial charge in [-0.3, -0.25) is 0 Å². The number of ether oxygens (including phenoxy) is 2. The molecule has 0 aromatic heterocycles. The molecule has 0 aromatic rings. The zero-order valence-electron chi connectivity index (χ0n) is 14.2. The topological polar surface area (TPSA) is 59.1 Å². The largest absolute Gasteiger partial charge is 0.378 e. The van der Waals surface area contributed by atoms with E-state index in [9.17, 15) is 8.42 Å². The van der Waals surface area contributed by atoms with Gasteiger partial charge in [0.05, 0.1) is 18.3 Å². The highest BCUT2D eigenvalue weighted by Gasteiger charge is 2.37. The zero-order valence-corrected chi connectivity index (χ0v) is 15.0. The van der Waals surface area contributed by atoms with E-state index in [1.54, 1.807) is 8.61 Å². The Bertz CT molecular complexity index is 436. The fraction of sp³-hybridized carbons (Fsp3) is 1.00. The molecule has 22 heavy (non-hydrogen) atoms. The quantitative estimate of drug-likeness (QED) is 0.764. The van der Waals surface area contributed by atoms with Crippen molar-refractivity contribution in [3.8, 4) is 0 Å². The highest BCUT2D eigenvalue weighted by atomic mass is 32.2. The summed E-state index contributed by atoms with van der Waals surface area (Å²) in [4.78, 5) is 0. The number of rotatable bonds is 5. The van der Waals surface area contributed by atoms with Gasteiger partial charge >= 0.3 is 0 Å². The Kier molecular flexibility index (Phi) is 6.24. The molecular formula is C15H30N2O4S. The maximum absolute atomic E-state index is 12.8. The van der Waals surface area contributed by atoms with Gasteiger partial charge in [0.1, 0.15) is 0 Å². The van der Waals surface area contributed by atoms with Crippen molar-refractivity contribution in [1.82, 2.24) is 8.61 Å². The average molecular weight is 334 g/mol. The molecule has 7 heteroatoms. The van der Waals surface area contributed by atoms with Crippen LogP contribution in [0.3, 0.4) is 0 Å². The molecule has 2 heterocycles. The normalized spacial score (nSPS) is 30.0. The predicted octanol–water partition coefficient (Wildman–Crippen LogP) is 1.48. The number of piperidine rings is 1. The second-order valence-corrected chi connectivity index (χ2v) is 8.84. The number of morpholine rings is 1. The third kappa shape index (κ3) is 4.64. The maximum Gasteiger partial charge on any atom is 0.282 e. The lowest BCUT2D eigenvalue weighted by molar-refractivity contribution is -0.0464. The van der Waals surface area contributed by atoms with E-state index < -0.39 is 10.2 Å². The molecule has 0 aromatic carbocycles. The number of nitrogens with zero attached hydrogens (tertiary/aromatic N) is 2. The fourth-order valence-corrected chi connectivity index (χ4v) is 4.84. The smallest absolute Gasteiger partial charge is 0.282 e. The summed E-state index contributed by atoms with van der Waals surface area (Å²) >= 11 is 0. The highest BCUT2D eigenvalue weighted by Crippen LogP contribution is 2.22. The van der Waals surface area contributed by atoms with Gasteiger partial charge in [-0.15, -0.1) is 0 Å². The monoisotopic (exact) mass is 334 g/mol. The summed E-state index contributed by atoms with van der Waals surface area (Å²) in [6.45, 7) is 10.8. The standard InChI is InChI=1S/C15H30N2O4S/c1-12(2)11-20-15-5-7-16(8-6-15)22(18,19)17-9-13(3)21-14(4)10-17/h12-15H,5-11H2,1-4H3/t13-,14-/m1/s1. The van der Waals surface area contributed by atoms with Crippen LogP contribution in [0.2, 0.25) is 0 Å². The minimum atomic E-state index is -3.37. The number of hydrogen-bond acceptors (Lipinski definition) is 4. The van der Waals surface area contributed by atoms with Gasteiger partial charge in [0.25, 0.3) is 10.2 Å². The van der Waals surface area contributed by atoms with Gasteiger partial charge < -0.3 is 9.47 Å². The predicted molar refractivity (Wildman–Crippen MR) is 85.9 cm³/mol. The molecule has 130 valence electrons. The summed E-state index contributed by atoms with van der Waals surface area (Å²) < 4.78 is 40.2. The van der Waals surface area contributed by atoms with E-state index >= 15 is 0 Å². The van der Waals surface area contributed by atoms with Crippen molar-refractivity contribution in [3.63, 3.8) is 0 Å². The Morgan fingerprint density at radius 1 is 1.09 bits per heavy atom. The lowest BCUT2D eigenvalue weighted by Gasteiger charge is -2.39. The molecule has 2 aliphatic rings. The molecule has 2 atom stereocenters. The van der Waals surface area contributed by atoms with Crippen molar-refractivity contribution in [1.29, 1.82) is 0 Å². The Morgan fingerprint density at radius 3 is 2.14 bits per heavy atom. The molecule has 0 amide bonds. The Labute approximate surface area is 134 Å². The van der Waals surface area contributed by atoms with E-state index in [4.69, 9.17) is 9.47 Å². The molecule has 0 N–H and O–H groups in total. The van der Waals surface area contributed by atoms with Gasteiger partial charge in [-0.1, -0.05) is 13.8 Å². The third-order valence-corrected chi connectivity index (χ3v) is 6.07. The fourth-order valence-electron chi connectivity index (χ4n) is 3.04. The molecule has 2 aliphatic heterocycles. The van der Waals surface area contributed by atoms with Crippen molar-refractivity contribution in [3.05, 3.63) is 0 Å². The van der Waals surface area contributed by atoms with Crippen LogP contribution in [0.4, 0.5) is 0 Å². The molecule has 0 spiro atoms. The van der Waals surface area contributed by atoms with Crippen LogP contribution < -0.4 is 0 Å². The van der Waals surface area contributed by atoms with Gasteiger partial charge in [0, 0.05) is 32.8 Å². The third-order valence-electron chi connectivity index (χ3n) is 4.10.